The van der Waals surface area contributed by atoms with Crippen molar-refractivity contribution in [3.05, 3.63) is 40.5 Å². The number of carbonyl (C=O) groups is 1. The second-order valence-corrected chi connectivity index (χ2v) is 4.35. The fourth-order valence-electron chi connectivity index (χ4n) is 1.42. The van der Waals surface area contributed by atoms with Gasteiger partial charge in [-0.2, -0.15) is 11.3 Å². The van der Waals surface area contributed by atoms with E-state index in [1.54, 1.807) is 17.4 Å². The summed E-state index contributed by atoms with van der Waals surface area (Å²) in [5.41, 5.74) is 1.29. The van der Waals surface area contributed by atoms with Crippen LogP contribution in [-0.4, -0.2) is 29.6 Å². The van der Waals surface area contributed by atoms with Crippen LogP contribution in [0.5, 0.6) is 0 Å². The van der Waals surface area contributed by atoms with E-state index in [4.69, 9.17) is 0 Å². The lowest BCUT2D eigenvalue weighted by molar-refractivity contribution is 0.0587. The molecule has 0 fully saturated rings. The van der Waals surface area contributed by atoms with Crippen LogP contribution in [0.4, 0.5) is 5.82 Å². The molecule has 6 heteroatoms. The third-order valence-corrected chi connectivity index (χ3v) is 3.06. The molecule has 0 amide bonds. The van der Waals surface area contributed by atoms with Crippen LogP contribution in [0.15, 0.2) is 29.1 Å². The van der Waals surface area contributed by atoms with Gasteiger partial charge in [-0.3, -0.25) is 0 Å². The average molecular weight is 263 g/mol. The number of esters is 1. The van der Waals surface area contributed by atoms with Gasteiger partial charge in [-0.1, -0.05) is 0 Å². The molecule has 2 aromatic heterocycles. The molecule has 0 spiro atoms. The minimum Gasteiger partial charge on any atom is -0.463 e. The molecule has 94 valence electrons. The Balaban J connectivity index is 1.91. The average Bonchev–Trinajstić information content (AvgIpc) is 2.91. The first-order valence-electron chi connectivity index (χ1n) is 5.46. The van der Waals surface area contributed by atoms with Crippen molar-refractivity contribution in [1.29, 1.82) is 0 Å². The van der Waals surface area contributed by atoms with Gasteiger partial charge in [-0.05, 0) is 34.9 Å². The molecule has 0 aliphatic rings. The molecular formula is C12H13N3O2S. The summed E-state index contributed by atoms with van der Waals surface area (Å²) in [5.74, 6) is 0.162. The quantitative estimate of drug-likeness (QED) is 0.836. The van der Waals surface area contributed by atoms with Crippen LogP contribution in [0.1, 0.15) is 16.2 Å². The molecule has 0 radical (unpaired) electrons. The third-order valence-electron chi connectivity index (χ3n) is 2.32. The van der Waals surface area contributed by atoms with Crippen molar-refractivity contribution in [3.8, 4) is 0 Å². The highest BCUT2D eigenvalue weighted by Crippen LogP contribution is 2.08. The minimum absolute atomic E-state index is 0.0676. The van der Waals surface area contributed by atoms with Crippen molar-refractivity contribution in [1.82, 2.24) is 9.97 Å². The Bertz CT molecular complexity index is 514. The number of hydrogen-bond donors (Lipinski definition) is 1. The van der Waals surface area contributed by atoms with E-state index in [-0.39, 0.29) is 5.82 Å². The second kappa shape index (κ2) is 6.11. The Morgan fingerprint density at radius 1 is 1.50 bits per heavy atom. The second-order valence-electron chi connectivity index (χ2n) is 3.57. The molecule has 0 unspecified atom stereocenters. The lowest BCUT2D eigenvalue weighted by Gasteiger charge is -2.05. The molecule has 1 N–H and O–H groups in total. The number of ether oxygens (including phenoxy) is 1. The van der Waals surface area contributed by atoms with Crippen LogP contribution < -0.4 is 5.32 Å². The zero-order valence-corrected chi connectivity index (χ0v) is 10.7. The summed E-state index contributed by atoms with van der Waals surface area (Å²) >= 11 is 1.68. The van der Waals surface area contributed by atoms with Gasteiger partial charge in [0.2, 0.25) is 5.82 Å². The van der Waals surface area contributed by atoms with Gasteiger partial charge in [0.05, 0.1) is 7.11 Å². The fourth-order valence-corrected chi connectivity index (χ4v) is 2.12. The fraction of sp³-hybridized carbons (Fsp3) is 0.250. The van der Waals surface area contributed by atoms with Gasteiger partial charge in [0.25, 0.3) is 0 Å². The number of hydrogen-bond acceptors (Lipinski definition) is 6. The van der Waals surface area contributed by atoms with Crippen LogP contribution >= 0.6 is 11.3 Å². The normalized spacial score (nSPS) is 10.1. The predicted molar refractivity (Wildman–Crippen MR) is 69.9 cm³/mol. The van der Waals surface area contributed by atoms with E-state index in [1.807, 2.05) is 0 Å². The van der Waals surface area contributed by atoms with E-state index in [0.29, 0.717) is 5.82 Å². The molecule has 0 saturated heterocycles. The SMILES string of the molecule is COC(=O)c1nccc(NCCc2ccsc2)n1. The van der Waals surface area contributed by atoms with E-state index in [9.17, 15) is 4.79 Å². The van der Waals surface area contributed by atoms with Crippen molar-refractivity contribution < 1.29 is 9.53 Å². The number of anilines is 1. The summed E-state index contributed by atoms with van der Waals surface area (Å²) in [4.78, 5) is 19.2. The molecule has 0 bridgehead atoms. The summed E-state index contributed by atoms with van der Waals surface area (Å²) < 4.78 is 4.56. The number of rotatable bonds is 5. The predicted octanol–water partition coefficient (Wildman–Crippen LogP) is 1.98. The Hall–Kier alpha value is -1.95. The van der Waals surface area contributed by atoms with Crippen molar-refractivity contribution >= 4 is 23.1 Å². The van der Waals surface area contributed by atoms with E-state index in [1.165, 1.54) is 18.9 Å². The van der Waals surface area contributed by atoms with Gasteiger partial charge in [0.1, 0.15) is 5.82 Å². The van der Waals surface area contributed by atoms with Crippen LogP contribution in [0.25, 0.3) is 0 Å². The standard InChI is InChI=1S/C12H13N3O2S/c1-17-12(16)11-14-6-3-10(15-11)13-5-2-9-4-7-18-8-9/h3-4,6-8H,2,5H2,1H3,(H,13,14,15). The zero-order chi connectivity index (χ0) is 12.8. The van der Waals surface area contributed by atoms with E-state index in [0.717, 1.165) is 13.0 Å². The zero-order valence-electron chi connectivity index (χ0n) is 9.92. The van der Waals surface area contributed by atoms with Gasteiger partial charge in [0.15, 0.2) is 0 Å². The maximum atomic E-state index is 11.3. The van der Waals surface area contributed by atoms with E-state index >= 15 is 0 Å². The molecule has 5 nitrogen and oxygen atoms in total. The first-order valence-corrected chi connectivity index (χ1v) is 6.40. The van der Waals surface area contributed by atoms with Crippen LogP contribution in [0.2, 0.25) is 0 Å². The maximum absolute atomic E-state index is 11.3. The molecule has 2 heterocycles. The lowest BCUT2D eigenvalue weighted by Crippen LogP contribution is -2.11. The van der Waals surface area contributed by atoms with E-state index in [2.05, 4.69) is 36.8 Å². The summed E-state index contributed by atoms with van der Waals surface area (Å²) in [6, 6.07) is 3.81. The molecule has 0 aliphatic heterocycles. The first kappa shape index (κ1) is 12.5. The van der Waals surface area contributed by atoms with Crippen LogP contribution in [0.3, 0.4) is 0 Å². The van der Waals surface area contributed by atoms with Gasteiger partial charge < -0.3 is 10.1 Å². The Morgan fingerprint density at radius 2 is 2.39 bits per heavy atom. The highest BCUT2D eigenvalue weighted by Gasteiger charge is 2.09. The number of carbonyl (C=O) groups excluding carboxylic acids is 1. The molecule has 18 heavy (non-hydrogen) atoms. The number of nitrogens with one attached hydrogen (secondary N) is 1. The molecule has 0 aliphatic carbocycles. The summed E-state index contributed by atoms with van der Waals surface area (Å²) in [6.45, 7) is 0.758. The smallest absolute Gasteiger partial charge is 0.376 e. The van der Waals surface area contributed by atoms with E-state index < -0.39 is 5.97 Å². The highest BCUT2D eigenvalue weighted by molar-refractivity contribution is 7.07. The number of nitrogens with zero attached hydrogens (tertiary/aromatic N) is 2. The van der Waals surface area contributed by atoms with Crippen molar-refractivity contribution in [2.75, 3.05) is 19.0 Å². The summed E-state index contributed by atoms with van der Waals surface area (Å²) in [6.07, 6.45) is 2.45. The Kier molecular flexibility index (Phi) is 4.25. The Morgan fingerprint density at radius 3 is 3.11 bits per heavy atom. The van der Waals surface area contributed by atoms with Gasteiger partial charge in [0, 0.05) is 12.7 Å². The van der Waals surface area contributed by atoms with Crippen molar-refractivity contribution in [2.45, 2.75) is 6.42 Å². The van der Waals surface area contributed by atoms with Crippen molar-refractivity contribution in [2.24, 2.45) is 0 Å². The van der Waals surface area contributed by atoms with Crippen molar-refractivity contribution in [3.63, 3.8) is 0 Å². The van der Waals surface area contributed by atoms with Gasteiger partial charge >= 0.3 is 5.97 Å². The van der Waals surface area contributed by atoms with Gasteiger partial charge in [-0.15, -0.1) is 0 Å². The number of methoxy groups -OCH3 is 1. The highest BCUT2D eigenvalue weighted by atomic mass is 32.1. The third kappa shape index (κ3) is 3.27. The van der Waals surface area contributed by atoms with Crippen LogP contribution in [-0.2, 0) is 11.2 Å². The monoisotopic (exact) mass is 263 g/mol. The summed E-state index contributed by atoms with van der Waals surface area (Å²) in [7, 11) is 1.31. The number of aromatic nitrogens is 2. The first-order chi connectivity index (χ1) is 8.79. The molecule has 2 aromatic rings. The largest absolute Gasteiger partial charge is 0.463 e. The summed E-state index contributed by atoms with van der Waals surface area (Å²) in [5, 5.41) is 7.31. The lowest BCUT2D eigenvalue weighted by atomic mass is 10.2. The minimum atomic E-state index is -0.531. The van der Waals surface area contributed by atoms with Gasteiger partial charge in [-0.25, -0.2) is 14.8 Å². The molecule has 2 rings (SSSR count). The molecule has 0 atom stereocenters. The molecule has 0 saturated carbocycles. The molecular weight excluding hydrogens is 250 g/mol. The number of thiophene rings is 1. The Labute approximate surface area is 109 Å². The molecule has 0 aromatic carbocycles. The maximum Gasteiger partial charge on any atom is 0.376 e. The topological polar surface area (TPSA) is 64.1 Å². The van der Waals surface area contributed by atoms with Crippen LogP contribution in [0, 0.1) is 0 Å².